The zero-order valence-electron chi connectivity index (χ0n) is 10.8. The van der Waals surface area contributed by atoms with Crippen molar-refractivity contribution in [2.75, 3.05) is 7.05 Å². The Morgan fingerprint density at radius 1 is 1.31 bits per heavy atom. The third-order valence-electron chi connectivity index (χ3n) is 2.82. The van der Waals surface area contributed by atoms with E-state index in [4.69, 9.17) is 4.74 Å². The Morgan fingerprint density at radius 2 is 2.06 bits per heavy atom. The molecule has 1 aromatic rings. The number of ether oxygens (including phenoxy) is 1. The summed E-state index contributed by atoms with van der Waals surface area (Å²) < 4.78 is 5.86. The summed E-state index contributed by atoms with van der Waals surface area (Å²) in [5.41, 5.74) is 1.27. The molecule has 2 heteroatoms. The fraction of sp³-hybridized carbons (Fsp3) is 0.571. The molecule has 0 fully saturated rings. The average Bonchev–Trinajstić information content (AvgIpc) is 2.28. The van der Waals surface area contributed by atoms with E-state index in [1.54, 1.807) is 0 Å². The van der Waals surface area contributed by atoms with Gasteiger partial charge in [0.15, 0.2) is 0 Å². The number of nitrogens with one attached hydrogen (secondary N) is 1. The lowest BCUT2D eigenvalue weighted by molar-refractivity contribution is 0.209. The fourth-order valence-electron chi connectivity index (χ4n) is 1.72. The van der Waals surface area contributed by atoms with Crippen molar-refractivity contribution in [3.8, 4) is 5.75 Å². The number of rotatable bonds is 6. The van der Waals surface area contributed by atoms with Crippen molar-refractivity contribution < 1.29 is 4.74 Å². The van der Waals surface area contributed by atoms with Crippen molar-refractivity contribution in [3.63, 3.8) is 0 Å². The molecule has 2 nitrogen and oxygen atoms in total. The van der Waals surface area contributed by atoms with Gasteiger partial charge in [-0.25, -0.2) is 0 Å². The van der Waals surface area contributed by atoms with Gasteiger partial charge in [-0.05, 0) is 45.0 Å². The Balaban J connectivity index is 2.67. The molecular formula is C14H23NO. The Labute approximate surface area is 99.0 Å². The van der Waals surface area contributed by atoms with Crippen LogP contribution in [0.4, 0.5) is 0 Å². The van der Waals surface area contributed by atoms with Gasteiger partial charge in [-0.3, -0.25) is 0 Å². The summed E-state index contributed by atoms with van der Waals surface area (Å²) in [6, 6.07) is 8.69. The molecule has 0 amide bonds. The first-order valence-corrected chi connectivity index (χ1v) is 6.11. The summed E-state index contributed by atoms with van der Waals surface area (Å²) >= 11 is 0. The first kappa shape index (κ1) is 13.0. The lowest BCUT2D eigenvalue weighted by atomic mass is 10.1. The number of hydrogen-bond donors (Lipinski definition) is 1. The number of hydrogen-bond acceptors (Lipinski definition) is 2. The predicted octanol–water partition coefficient (Wildman–Crippen LogP) is 3.53. The standard InChI is InChI=1S/C14H23NO/c1-5-7-11(2)16-14-9-6-8-13(10-14)12(3)15-4/h6,8-12,15H,5,7H2,1-4H3/t11-,12+/m0/s1. The smallest absolute Gasteiger partial charge is 0.120 e. The monoisotopic (exact) mass is 221 g/mol. The molecule has 0 bridgehead atoms. The third-order valence-corrected chi connectivity index (χ3v) is 2.82. The first-order valence-electron chi connectivity index (χ1n) is 6.11. The molecule has 1 aromatic carbocycles. The second-order valence-electron chi connectivity index (χ2n) is 4.30. The summed E-state index contributed by atoms with van der Waals surface area (Å²) in [6.07, 6.45) is 2.56. The van der Waals surface area contributed by atoms with Gasteiger partial charge in [-0.1, -0.05) is 25.5 Å². The second-order valence-corrected chi connectivity index (χ2v) is 4.30. The van der Waals surface area contributed by atoms with Crippen LogP contribution in [0, 0.1) is 0 Å². The van der Waals surface area contributed by atoms with E-state index in [2.05, 4.69) is 44.3 Å². The minimum absolute atomic E-state index is 0.296. The topological polar surface area (TPSA) is 21.3 Å². The Bertz CT molecular complexity index is 311. The maximum atomic E-state index is 5.86. The highest BCUT2D eigenvalue weighted by molar-refractivity contribution is 5.30. The molecule has 0 aliphatic carbocycles. The third kappa shape index (κ3) is 3.86. The van der Waals surface area contributed by atoms with Crippen LogP contribution < -0.4 is 10.1 Å². The van der Waals surface area contributed by atoms with Gasteiger partial charge in [0.1, 0.15) is 5.75 Å². The molecule has 0 aliphatic heterocycles. The molecule has 16 heavy (non-hydrogen) atoms. The predicted molar refractivity (Wildman–Crippen MR) is 68.9 cm³/mol. The molecule has 0 saturated heterocycles. The van der Waals surface area contributed by atoms with E-state index in [9.17, 15) is 0 Å². The largest absolute Gasteiger partial charge is 0.491 e. The van der Waals surface area contributed by atoms with Gasteiger partial charge in [-0.2, -0.15) is 0 Å². The van der Waals surface area contributed by atoms with Gasteiger partial charge in [0.2, 0.25) is 0 Å². The maximum Gasteiger partial charge on any atom is 0.120 e. The van der Waals surface area contributed by atoms with Crippen molar-refractivity contribution in [3.05, 3.63) is 29.8 Å². The zero-order chi connectivity index (χ0) is 12.0. The number of benzene rings is 1. The van der Waals surface area contributed by atoms with E-state index in [-0.39, 0.29) is 0 Å². The molecule has 0 saturated carbocycles. The summed E-state index contributed by atoms with van der Waals surface area (Å²) in [6.45, 7) is 6.45. The molecular weight excluding hydrogens is 198 g/mol. The molecule has 0 spiro atoms. The van der Waals surface area contributed by atoms with Crippen molar-refractivity contribution in [2.24, 2.45) is 0 Å². The van der Waals surface area contributed by atoms with Crippen LogP contribution in [-0.2, 0) is 0 Å². The fourth-order valence-corrected chi connectivity index (χ4v) is 1.72. The lowest BCUT2D eigenvalue weighted by Gasteiger charge is -2.16. The summed E-state index contributed by atoms with van der Waals surface area (Å²) in [7, 11) is 1.97. The molecule has 2 atom stereocenters. The van der Waals surface area contributed by atoms with Gasteiger partial charge >= 0.3 is 0 Å². The zero-order valence-corrected chi connectivity index (χ0v) is 10.8. The van der Waals surface area contributed by atoms with Crippen molar-refractivity contribution in [2.45, 2.75) is 45.8 Å². The van der Waals surface area contributed by atoms with Crippen LogP contribution in [0.25, 0.3) is 0 Å². The van der Waals surface area contributed by atoms with Crippen molar-refractivity contribution in [1.82, 2.24) is 5.32 Å². The van der Waals surface area contributed by atoms with Gasteiger partial charge < -0.3 is 10.1 Å². The van der Waals surface area contributed by atoms with Crippen molar-refractivity contribution >= 4 is 0 Å². The van der Waals surface area contributed by atoms with Crippen LogP contribution in [0.2, 0.25) is 0 Å². The van der Waals surface area contributed by atoms with Gasteiger partial charge in [-0.15, -0.1) is 0 Å². The SMILES string of the molecule is CCC[C@H](C)Oc1cccc([C@@H](C)NC)c1. The lowest BCUT2D eigenvalue weighted by Crippen LogP contribution is -2.14. The second kappa shape index (κ2) is 6.54. The van der Waals surface area contributed by atoms with Crippen LogP contribution >= 0.6 is 0 Å². The van der Waals surface area contributed by atoms with Crippen LogP contribution in [0.1, 0.15) is 45.2 Å². The van der Waals surface area contributed by atoms with E-state index in [1.807, 2.05) is 13.1 Å². The van der Waals surface area contributed by atoms with Gasteiger partial charge in [0.05, 0.1) is 6.10 Å². The summed E-state index contributed by atoms with van der Waals surface area (Å²) in [5.74, 6) is 0.973. The Morgan fingerprint density at radius 3 is 2.69 bits per heavy atom. The quantitative estimate of drug-likeness (QED) is 0.793. The molecule has 0 radical (unpaired) electrons. The molecule has 0 unspecified atom stereocenters. The minimum atomic E-state index is 0.296. The first-order chi connectivity index (χ1) is 7.67. The van der Waals surface area contributed by atoms with Crippen LogP contribution in [0.3, 0.4) is 0 Å². The highest BCUT2D eigenvalue weighted by atomic mass is 16.5. The summed E-state index contributed by atoms with van der Waals surface area (Å²) in [5, 5.41) is 3.23. The van der Waals surface area contributed by atoms with Gasteiger partial charge in [0.25, 0.3) is 0 Å². The van der Waals surface area contributed by atoms with E-state index in [0.29, 0.717) is 12.1 Å². The Hall–Kier alpha value is -1.02. The molecule has 1 rings (SSSR count). The molecule has 1 N–H and O–H groups in total. The van der Waals surface area contributed by atoms with E-state index < -0.39 is 0 Å². The molecule has 0 heterocycles. The highest BCUT2D eigenvalue weighted by Gasteiger charge is 2.06. The van der Waals surface area contributed by atoms with E-state index >= 15 is 0 Å². The molecule has 0 aromatic heterocycles. The van der Waals surface area contributed by atoms with Crippen LogP contribution in [0.5, 0.6) is 5.75 Å². The highest BCUT2D eigenvalue weighted by Crippen LogP contribution is 2.20. The molecule has 90 valence electrons. The minimum Gasteiger partial charge on any atom is -0.491 e. The maximum absolute atomic E-state index is 5.86. The molecule has 0 aliphatic rings. The van der Waals surface area contributed by atoms with Crippen LogP contribution in [-0.4, -0.2) is 13.2 Å². The summed E-state index contributed by atoms with van der Waals surface area (Å²) in [4.78, 5) is 0. The Kier molecular flexibility index (Phi) is 5.33. The van der Waals surface area contributed by atoms with Crippen LogP contribution in [0.15, 0.2) is 24.3 Å². The van der Waals surface area contributed by atoms with Gasteiger partial charge in [0, 0.05) is 6.04 Å². The van der Waals surface area contributed by atoms with E-state index in [1.165, 1.54) is 5.56 Å². The average molecular weight is 221 g/mol. The van der Waals surface area contributed by atoms with E-state index in [0.717, 1.165) is 18.6 Å². The van der Waals surface area contributed by atoms with Crippen molar-refractivity contribution in [1.29, 1.82) is 0 Å². The normalized spacial score (nSPS) is 14.5.